The van der Waals surface area contributed by atoms with Crippen LogP contribution in [0.15, 0.2) is 12.5 Å². The van der Waals surface area contributed by atoms with E-state index >= 15 is 0 Å². The normalized spacial score (nSPS) is 25.8. The van der Waals surface area contributed by atoms with Gasteiger partial charge in [0.15, 0.2) is 0 Å². The second-order valence-corrected chi connectivity index (χ2v) is 4.51. The lowest BCUT2D eigenvalue weighted by Gasteiger charge is -2.33. The summed E-state index contributed by atoms with van der Waals surface area (Å²) >= 11 is 0. The van der Waals surface area contributed by atoms with Crippen LogP contribution in [0.1, 0.15) is 23.8 Å². The molecule has 88 valence electrons. The number of carbonyl (C=O) groups is 1. The van der Waals surface area contributed by atoms with Crippen molar-refractivity contribution in [1.82, 2.24) is 14.5 Å². The number of aliphatic hydroxyl groups is 1. The summed E-state index contributed by atoms with van der Waals surface area (Å²) in [5.41, 5.74) is 0.478. The van der Waals surface area contributed by atoms with Crippen LogP contribution in [-0.4, -0.2) is 44.7 Å². The van der Waals surface area contributed by atoms with Crippen molar-refractivity contribution in [3.05, 3.63) is 18.2 Å². The van der Waals surface area contributed by atoms with Crippen LogP contribution in [0.3, 0.4) is 0 Å². The Morgan fingerprint density at radius 2 is 2.38 bits per heavy atom. The lowest BCUT2D eigenvalue weighted by molar-refractivity contribution is 0.0294. The summed E-state index contributed by atoms with van der Waals surface area (Å²) < 4.78 is 1.76. The lowest BCUT2D eigenvalue weighted by atomic mass is 9.96. The van der Waals surface area contributed by atoms with Crippen molar-refractivity contribution in [3.63, 3.8) is 0 Å². The lowest BCUT2D eigenvalue weighted by Crippen LogP contribution is -2.45. The molecule has 0 aromatic carbocycles. The molecular formula is C11H17N3O2. The Bertz CT molecular complexity index is 388. The molecule has 1 N–H and O–H groups in total. The second-order valence-electron chi connectivity index (χ2n) is 4.51. The minimum Gasteiger partial charge on any atom is -0.393 e. The van der Waals surface area contributed by atoms with Gasteiger partial charge in [-0.15, -0.1) is 0 Å². The van der Waals surface area contributed by atoms with Gasteiger partial charge in [-0.25, -0.2) is 4.98 Å². The fraction of sp³-hybridized carbons (Fsp3) is 0.636. The number of hydrogen-bond acceptors (Lipinski definition) is 3. The maximum Gasteiger partial charge on any atom is 0.274 e. The molecule has 0 bridgehead atoms. The minimum absolute atomic E-state index is 0.0423. The van der Waals surface area contributed by atoms with E-state index in [2.05, 4.69) is 4.98 Å². The van der Waals surface area contributed by atoms with E-state index in [9.17, 15) is 9.90 Å². The molecule has 0 radical (unpaired) electrons. The molecule has 5 nitrogen and oxygen atoms in total. The summed E-state index contributed by atoms with van der Waals surface area (Å²) in [7, 11) is 1.84. The molecule has 0 saturated carbocycles. The van der Waals surface area contributed by atoms with Crippen molar-refractivity contribution in [2.75, 3.05) is 13.1 Å². The molecule has 1 fully saturated rings. The van der Waals surface area contributed by atoms with Gasteiger partial charge in [-0.3, -0.25) is 4.79 Å². The molecule has 16 heavy (non-hydrogen) atoms. The first-order valence-electron chi connectivity index (χ1n) is 5.53. The number of piperidine rings is 1. The first kappa shape index (κ1) is 11.1. The molecule has 1 aliphatic rings. The van der Waals surface area contributed by atoms with E-state index in [1.54, 1.807) is 22.0 Å². The topological polar surface area (TPSA) is 58.4 Å². The fourth-order valence-electron chi connectivity index (χ4n) is 2.00. The minimum atomic E-state index is -0.284. The quantitative estimate of drug-likeness (QED) is 0.743. The molecule has 2 atom stereocenters. The number of aryl methyl sites for hydroxylation is 1. The monoisotopic (exact) mass is 223 g/mol. The third kappa shape index (κ3) is 2.09. The molecule has 0 aliphatic carbocycles. The third-order valence-corrected chi connectivity index (χ3v) is 3.07. The van der Waals surface area contributed by atoms with Crippen molar-refractivity contribution in [3.8, 4) is 0 Å². The maximum atomic E-state index is 12.0. The first-order chi connectivity index (χ1) is 7.58. The Morgan fingerprint density at radius 1 is 1.62 bits per heavy atom. The largest absolute Gasteiger partial charge is 0.393 e. The van der Waals surface area contributed by atoms with Crippen molar-refractivity contribution >= 4 is 5.91 Å². The number of carbonyl (C=O) groups excluding carboxylic acids is 1. The zero-order chi connectivity index (χ0) is 11.7. The van der Waals surface area contributed by atoms with Crippen LogP contribution in [0.5, 0.6) is 0 Å². The van der Waals surface area contributed by atoms with E-state index in [4.69, 9.17) is 0 Å². The molecule has 1 aromatic rings. The van der Waals surface area contributed by atoms with Crippen molar-refractivity contribution in [1.29, 1.82) is 0 Å². The highest BCUT2D eigenvalue weighted by atomic mass is 16.3. The van der Waals surface area contributed by atoms with Gasteiger partial charge in [0.05, 0.1) is 12.4 Å². The van der Waals surface area contributed by atoms with E-state index in [-0.39, 0.29) is 17.9 Å². The number of hydrogen-bond donors (Lipinski definition) is 1. The highest BCUT2D eigenvalue weighted by Gasteiger charge is 2.28. The van der Waals surface area contributed by atoms with Crippen LogP contribution in [0.4, 0.5) is 0 Å². The maximum absolute atomic E-state index is 12.0. The van der Waals surface area contributed by atoms with Crippen LogP contribution in [-0.2, 0) is 7.05 Å². The fourth-order valence-corrected chi connectivity index (χ4v) is 2.00. The Morgan fingerprint density at radius 3 is 2.94 bits per heavy atom. The molecule has 0 spiro atoms. The van der Waals surface area contributed by atoms with Crippen LogP contribution in [0.25, 0.3) is 0 Å². The van der Waals surface area contributed by atoms with E-state index in [0.717, 1.165) is 0 Å². The van der Waals surface area contributed by atoms with Gasteiger partial charge in [0.2, 0.25) is 0 Å². The van der Waals surface area contributed by atoms with E-state index < -0.39 is 0 Å². The molecule has 2 rings (SSSR count). The number of nitrogens with zero attached hydrogens (tertiary/aromatic N) is 3. The molecule has 1 amide bonds. The summed E-state index contributed by atoms with van der Waals surface area (Å²) in [5.74, 6) is 0.0979. The second kappa shape index (κ2) is 4.25. The van der Waals surface area contributed by atoms with Crippen LogP contribution in [0.2, 0.25) is 0 Å². The standard InChI is InChI=1S/C11H17N3O2/c1-8-5-14(4-3-10(8)15)11(16)9-6-13(2)7-12-9/h6-8,10,15H,3-5H2,1-2H3. The number of likely N-dealkylation sites (tertiary alicyclic amines) is 1. The van der Waals surface area contributed by atoms with Crippen LogP contribution in [0, 0.1) is 5.92 Å². The Kier molecular flexibility index (Phi) is 2.96. The smallest absolute Gasteiger partial charge is 0.274 e. The zero-order valence-corrected chi connectivity index (χ0v) is 9.63. The molecule has 2 unspecified atom stereocenters. The van der Waals surface area contributed by atoms with Crippen molar-refractivity contribution < 1.29 is 9.90 Å². The summed E-state index contributed by atoms with van der Waals surface area (Å²) in [6.45, 7) is 3.18. The Labute approximate surface area is 94.7 Å². The van der Waals surface area contributed by atoms with Gasteiger partial charge in [0.1, 0.15) is 5.69 Å². The Hall–Kier alpha value is -1.36. The zero-order valence-electron chi connectivity index (χ0n) is 9.63. The van der Waals surface area contributed by atoms with E-state index in [1.165, 1.54) is 0 Å². The molecule has 1 aliphatic heterocycles. The number of aromatic nitrogens is 2. The van der Waals surface area contributed by atoms with Gasteiger partial charge in [-0.2, -0.15) is 0 Å². The van der Waals surface area contributed by atoms with Crippen LogP contribution >= 0.6 is 0 Å². The number of amides is 1. The van der Waals surface area contributed by atoms with Crippen LogP contribution < -0.4 is 0 Å². The summed E-state index contributed by atoms with van der Waals surface area (Å²) in [4.78, 5) is 17.8. The SMILES string of the molecule is CC1CN(C(=O)c2cn(C)cn2)CCC1O. The van der Waals surface area contributed by atoms with E-state index in [0.29, 0.717) is 25.2 Å². The highest BCUT2D eigenvalue weighted by molar-refractivity contribution is 5.92. The predicted molar refractivity (Wildman–Crippen MR) is 58.9 cm³/mol. The van der Waals surface area contributed by atoms with Gasteiger partial charge in [-0.1, -0.05) is 6.92 Å². The highest BCUT2D eigenvalue weighted by Crippen LogP contribution is 2.18. The predicted octanol–water partition coefficient (Wildman–Crippen LogP) is 0.263. The van der Waals surface area contributed by atoms with Gasteiger partial charge in [0, 0.05) is 26.3 Å². The molecule has 1 saturated heterocycles. The van der Waals surface area contributed by atoms with E-state index in [1.807, 2.05) is 14.0 Å². The van der Waals surface area contributed by atoms with Gasteiger partial charge >= 0.3 is 0 Å². The van der Waals surface area contributed by atoms with Gasteiger partial charge < -0.3 is 14.6 Å². The number of aliphatic hydroxyl groups excluding tert-OH is 1. The average molecular weight is 223 g/mol. The molecule has 5 heteroatoms. The third-order valence-electron chi connectivity index (χ3n) is 3.07. The average Bonchev–Trinajstić information content (AvgIpc) is 2.68. The van der Waals surface area contributed by atoms with Gasteiger partial charge in [-0.05, 0) is 12.3 Å². The summed E-state index contributed by atoms with van der Waals surface area (Å²) in [6, 6.07) is 0. The number of rotatable bonds is 1. The number of imidazole rings is 1. The summed E-state index contributed by atoms with van der Waals surface area (Å²) in [5, 5.41) is 9.59. The molecule has 2 heterocycles. The van der Waals surface area contributed by atoms with Gasteiger partial charge in [0.25, 0.3) is 5.91 Å². The van der Waals surface area contributed by atoms with Crippen molar-refractivity contribution in [2.45, 2.75) is 19.4 Å². The molecule has 1 aromatic heterocycles. The molecular weight excluding hydrogens is 206 g/mol. The Balaban J connectivity index is 2.06. The van der Waals surface area contributed by atoms with Crippen molar-refractivity contribution in [2.24, 2.45) is 13.0 Å². The first-order valence-corrected chi connectivity index (χ1v) is 5.53. The summed E-state index contributed by atoms with van der Waals surface area (Å²) in [6.07, 6.45) is 3.71.